The normalized spacial score (nSPS) is 13.2. The highest BCUT2D eigenvalue weighted by molar-refractivity contribution is 6.34. The fraction of sp³-hybridized carbons (Fsp3) is 0.235. The number of hydrogen-bond donors (Lipinski definition) is 2. The van der Waals surface area contributed by atoms with Crippen LogP contribution >= 0.6 is 11.6 Å². The molecular weight excluding hydrogens is 330 g/mol. The number of pyridine rings is 1. The third kappa shape index (κ3) is 3.83. The van der Waals surface area contributed by atoms with Crippen LogP contribution in [-0.4, -0.2) is 30.0 Å². The van der Waals surface area contributed by atoms with Gasteiger partial charge in [-0.2, -0.15) is 0 Å². The Hall–Kier alpha value is -2.60. The van der Waals surface area contributed by atoms with Crippen LogP contribution in [0, 0.1) is 0 Å². The number of benzene rings is 1. The van der Waals surface area contributed by atoms with E-state index in [1.165, 1.54) is 31.5 Å². The highest BCUT2D eigenvalue weighted by Gasteiger charge is 2.21. The Morgan fingerprint density at radius 1 is 1.21 bits per heavy atom. The summed E-state index contributed by atoms with van der Waals surface area (Å²) in [7, 11) is 1.29. The van der Waals surface area contributed by atoms with Crippen LogP contribution in [0.3, 0.4) is 0 Å². The minimum atomic E-state index is -0.500. The number of carbonyl (C=O) groups excluding carboxylic acids is 2. The quantitative estimate of drug-likeness (QED) is 0.812. The van der Waals surface area contributed by atoms with Crippen molar-refractivity contribution >= 4 is 34.9 Å². The molecule has 1 amide bonds. The second-order valence-corrected chi connectivity index (χ2v) is 5.93. The van der Waals surface area contributed by atoms with Gasteiger partial charge in [0.1, 0.15) is 0 Å². The van der Waals surface area contributed by atoms with Crippen molar-refractivity contribution < 1.29 is 14.3 Å². The van der Waals surface area contributed by atoms with E-state index in [1.807, 2.05) is 0 Å². The maximum Gasteiger partial charge on any atom is 0.337 e. The Balaban J connectivity index is 1.77. The summed E-state index contributed by atoms with van der Waals surface area (Å²) in [5, 5.41) is 6.31. The summed E-state index contributed by atoms with van der Waals surface area (Å²) in [6, 6.07) is 6.75. The van der Waals surface area contributed by atoms with Crippen LogP contribution in [0.2, 0.25) is 5.02 Å². The minimum absolute atomic E-state index is 0.305. The molecule has 124 valence electrons. The highest BCUT2D eigenvalue weighted by Crippen LogP contribution is 2.26. The van der Waals surface area contributed by atoms with E-state index in [9.17, 15) is 9.59 Å². The average Bonchev–Trinajstić information content (AvgIpc) is 3.40. The number of halogens is 1. The van der Waals surface area contributed by atoms with Crippen molar-refractivity contribution in [3.05, 3.63) is 52.8 Å². The van der Waals surface area contributed by atoms with E-state index in [0.29, 0.717) is 27.9 Å². The number of anilines is 2. The predicted octanol–water partition coefficient (Wildman–Crippen LogP) is 3.35. The van der Waals surface area contributed by atoms with Gasteiger partial charge in [-0.3, -0.25) is 9.78 Å². The summed E-state index contributed by atoms with van der Waals surface area (Å²) >= 11 is 6.09. The average molecular weight is 346 g/mol. The molecule has 6 nitrogen and oxygen atoms in total. The second-order valence-electron chi connectivity index (χ2n) is 5.52. The molecule has 24 heavy (non-hydrogen) atoms. The first-order valence-corrected chi connectivity index (χ1v) is 7.85. The molecule has 2 N–H and O–H groups in total. The van der Waals surface area contributed by atoms with Crippen molar-refractivity contribution in [3.8, 4) is 0 Å². The van der Waals surface area contributed by atoms with Crippen LogP contribution < -0.4 is 10.6 Å². The summed E-state index contributed by atoms with van der Waals surface area (Å²) in [4.78, 5) is 28.1. The van der Waals surface area contributed by atoms with Gasteiger partial charge in [-0.15, -0.1) is 0 Å². The van der Waals surface area contributed by atoms with Crippen molar-refractivity contribution in [1.29, 1.82) is 0 Å². The molecule has 3 rings (SSSR count). The number of ether oxygens (including phenoxy) is 1. The molecule has 0 saturated heterocycles. The third-order valence-corrected chi connectivity index (χ3v) is 3.91. The largest absolute Gasteiger partial charge is 0.465 e. The van der Waals surface area contributed by atoms with Gasteiger partial charge in [-0.05, 0) is 37.1 Å². The van der Waals surface area contributed by atoms with E-state index < -0.39 is 5.97 Å². The summed E-state index contributed by atoms with van der Waals surface area (Å²) in [6.07, 6.45) is 5.42. The molecule has 0 spiro atoms. The number of nitrogens with one attached hydrogen (secondary N) is 2. The zero-order valence-corrected chi connectivity index (χ0v) is 13.8. The van der Waals surface area contributed by atoms with Crippen LogP contribution in [0.25, 0.3) is 0 Å². The predicted molar refractivity (Wildman–Crippen MR) is 91.6 cm³/mol. The maximum absolute atomic E-state index is 12.4. The second kappa shape index (κ2) is 6.88. The van der Waals surface area contributed by atoms with Gasteiger partial charge in [0, 0.05) is 18.4 Å². The van der Waals surface area contributed by atoms with Crippen LogP contribution in [0.5, 0.6) is 0 Å². The zero-order chi connectivity index (χ0) is 17.1. The van der Waals surface area contributed by atoms with E-state index in [1.54, 1.807) is 12.3 Å². The number of carbonyl (C=O) groups is 2. The fourth-order valence-corrected chi connectivity index (χ4v) is 2.33. The molecule has 0 bridgehead atoms. The lowest BCUT2D eigenvalue weighted by Gasteiger charge is -2.10. The Labute approximate surface area is 144 Å². The molecular formula is C17H16ClN3O3. The van der Waals surface area contributed by atoms with Gasteiger partial charge in [0.2, 0.25) is 0 Å². The first kappa shape index (κ1) is 16.3. The zero-order valence-electron chi connectivity index (χ0n) is 13.0. The number of methoxy groups -OCH3 is 1. The van der Waals surface area contributed by atoms with E-state index in [0.717, 1.165) is 18.5 Å². The number of amides is 1. The Morgan fingerprint density at radius 3 is 2.71 bits per heavy atom. The summed E-state index contributed by atoms with van der Waals surface area (Å²) in [5.74, 6) is -0.856. The molecule has 0 unspecified atom stereocenters. The summed E-state index contributed by atoms with van der Waals surface area (Å²) in [6.45, 7) is 0. The summed E-state index contributed by atoms with van der Waals surface area (Å²) in [5.41, 5.74) is 1.85. The number of nitrogens with zero attached hydrogens (tertiary/aromatic N) is 1. The van der Waals surface area contributed by atoms with E-state index in [2.05, 4.69) is 20.4 Å². The van der Waals surface area contributed by atoms with Crippen LogP contribution in [0.15, 0.2) is 36.7 Å². The minimum Gasteiger partial charge on any atom is -0.465 e. The van der Waals surface area contributed by atoms with Crippen LogP contribution in [0.1, 0.15) is 33.6 Å². The maximum atomic E-state index is 12.4. The first-order valence-electron chi connectivity index (χ1n) is 7.47. The molecule has 2 aromatic rings. The molecule has 1 aliphatic carbocycles. The van der Waals surface area contributed by atoms with Gasteiger partial charge >= 0.3 is 5.97 Å². The molecule has 1 aromatic carbocycles. The SMILES string of the molecule is COC(=O)c1ccc(Cl)c(NC(=O)c2cncc(NC3CC3)c2)c1. The monoisotopic (exact) mass is 345 g/mol. The molecule has 1 aliphatic rings. The van der Waals surface area contributed by atoms with Crippen molar-refractivity contribution in [2.75, 3.05) is 17.7 Å². The number of hydrogen-bond acceptors (Lipinski definition) is 5. The number of aromatic nitrogens is 1. The lowest BCUT2D eigenvalue weighted by Crippen LogP contribution is -2.14. The lowest BCUT2D eigenvalue weighted by molar-refractivity contribution is 0.0600. The first-order chi connectivity index (χ1) is 11.6. The Morgan fingerprint density at radius 2 is 2.00 bits per heavy atom. The number of esters is 1. The molecule has 0 aliphatic heterocycles. The third-order valence-electron chi connectivity index (χ3n) is 3.58. The molecule has 7 heteroatoms. The molecule has 1 saturated carbocycles. The molecule has 0 atom stereocenters. The number of rotatable bonds is 5. The van der Waals surface area contributed by atoms with Gasteiger partial charge in [-0.1, -0.05) is 11.6 Å². The van der Waals surface area contributed by atoms with Crippen molar-refractivity contribution in [3.63, 3.8) is 0 Å². The van der Waals surface area contributed by atoms with E-state index >= 15 is 0 Å². The van der Waals surface area contributed by atoms with E-state index in [4.69, 9.17) is 11.6 Å². The van der Waals surface area contributed by atoms with Crippen molar-refractivity contribution in [1.82, 2.24) is 4.98 Å². The topological polar surface area (TPSA) is 80.3 Å². The smallest absolute Gasteiger partial charge is 0.337 e. The van der Waals surface area contributed by atoms with Gasteiger partial charge in [0.05, 0.1) is 34.6 Å². The summed E-state index contributed by atoms with van der Waals surface area (Å²) < 4.78 is 4.67. The van der Waals surface area contributed by atoms with Crippen molar-refractivity contribution in [2.24, 2.45) is 0 Å². The standard InChI is InChI=1S/C17H16ClN3O3/c1-24-17(23)10-2-5-14(18)15(7-10)21-16(22)11-6-13(9-19-8-11)20-12-3-4-12/h2,5-9,12,20H,3-4H2,1H3,(H,21,22). The lowest BCUT2D eigenvalue weighted by atomic mass is 10.2. The molecule has 1 heterocycles. The Kier molecular flexibility index (Phi) is 4.66. The van der Waals surface area contributed by atoms with Gasteiger partial charge in [0.15, 0.2) is 0 Å². The fourth-order valence-electron chi connectivity index (χ4n) is 2.17. The van der Waals surface area contributed by atoms with Crippen molar-refractivity contribution in [2.45, 2.75) is 18.9 Å². The highest BCUT2D eigenvalue weighted by atomic mass is 35.5. The van der Waals surface area contributed by atoms with Crippen LogP contribution in [0.4, 0.5) is 11.4 Å². The Bertz CT molecular complexity index is 790. The van der Waals surface area contributed by atoms with Gasteiger partial charge in [-0.25, -0.2) is 4.79 Å². The van der Waals surface area contributed by atoms with Gasteiger partial charge < -0.3 is 15.4 Å². The molecule has 1 aromatic heterocycles. The molecule has 0 radical (unpaired) electrons. The van der Waals surface area contributed by atoms with Gasteiger partial charge in [0.25, 0.3) is 5.91 Å². The van der Waals surface area contributed by atoms with Crippen LogP contribution in [-0.2, 0) is 4.74 Å². The van der Waals surface area contributed by atoms with E-state index in [-0.39, 0.29) is 5.91 Å². The molecule has 1 fully saturated rings.